The number of alkyl halides is 3. The third kappa shape index (κ3) is 4.46. The van der Waals surface area contributed by atoms with E-state index < -0.39 is 17.3 Å². The predicted octanol–water partition coefficient (Wildman–Crippen LogP) is 6.69. The van der Waals surface area contributed by atoms with Gasteiger partial charge in [-0.05, 0) is 55.5 Å². The summed E-state index contributed by atoms with van der Waals surface area (Å²) < 4.78 is 48.7. The van der Waals surface area contributed by atoms with Gasteiger partial charge >= 0.3 is 6.18 Å². The highest BCUT2D eigenvalue weighted by Gasteiger charge is 2.35. The molecule has 2 aromatic carbocycles. The highest BCUT2D eigenvalue weighted by atomic mass is 32.2. The van der Waals surface area contributed by atoms with Crippen molar-refractivity contribution < 1.29 is 17.6 Å². The van der Waals surface area contributed by atoms with E-state index in [2.05, 4.69) is 10.2 Å². The minimum absolute atomic E-state index is 0.136. The second-order valence-corrected chi connectivity index (χ2v) is 10.6. The fourth-order valence-electron chi connectivity index (χ4n) is 4.54. The summed E-state index contributed by atoms with van der Waals surface area (Å²) in [6.07, 6.45) is -1.11. The maximum atomic E-state index is 14.0. The van der Waals surface area contributed by atoms with Crippen molar-refractivity contribution in [3.63, 3.8) is 0 Å². The van der Waals surface area contributed by atoms with E-state index in [4.69, 9.17) is 9.40 Å². The van der Waals surface area contributed by atoms with Crippen LogP contribution in [0.3, 0.4) is 0 Å². The van der Waals surface area contributed by atoms with Crippen LogP contribution >= 0.6 is 23.1 Å². The SMILES string of the molecule is O=c1c2c3c(sc2nc(SCc2nnc(-c4ccccc4)o2)n1-c1ccccc1C(F)(F)F)CCCC3. The first-order valence-corrected chi connectivity index (χ1v) is 13.4. The summed E-state index contributed by atoms with van der Waals surface area (Å²) in [6.45, 7) is 0. The van der Waals surface area contributed by atoms with Gasteiger partial charge in [-0.25, -0.2) is 4.98 Å². The average Bonchev–Trinajstić information content (AvgIpc) is 3.52. The number of aromatic nitrogens is 4. The molecule has 0 amide bonds. The number of halogens is 3. The molecule has 0 N–H and O–H groups in total. The van der Waals surface area contributed by atoms with Crippen LogP contribution in [0.4, 0.5) is 13.2 Å². The second-order valence-electron chi connectivity index (χ2n) is 8.60. The number of rotatable bonds is 5. The number of benzene rings is 2. The smallest absolute Gasteiger partial charge is 0.418 e. The maximum absolute atomic E-state index is 14.0. The standard InChI is InChI=1S/C26H19F3N4O2S2/c27-26(28,29)17-11-5-6-12-18(17)33-24(34)21-16-10-4-7-13-19(16)37-23(21)30-25(33)36-14-20-31-32-22(35-20)15-8-2-1-3-9-15/h1-3,5-6,8-9,11-12H,4,7,10,13-14H2. The van der Waals surface area contributed by atoms with Gasteiger partial charge in [0.2, 0.25) is 11.8 Å². The van der Waals surface area contributed by atoms with Crippen LogP contribution in [-0.2, 0) is 24.8 Å². The highest BCUT2D eigenvalue weighted by Crippen LogP contribution is 2.38. The molecule has 11 heteroatoms. The normalized spacial score (nSPS) is 13.7. The third-order valence-corrected chi connectivity index (χ3v) is 8.33. The first kappa shape index (κ1) is 23.9. The van der Waals surface area contributed by atoms with Crippen LogP contribution in [-0.4, -0.2) is 19.7 Å². The number of para-hydroxylation sites is 1. The Morgan fingerprint density at radius 1 is 1.00 bits per heavy atom. The number of hydrogen-bond acceptors (Lipinski definition) is 7. The highest BCUT2D eigenvalue weighted by molar-refractivity contribution is 7.98. The molecule has 6 nitrogen and oxygen atoms in total. The van der Waals surface area contributed by atoms with Crippen molar-refractivity contribution in [3.05, 3.63) is 86.8 Å². The largest absolute Gasteiger partial charge is 0.420 e. The fraction of sp³-hybridized carbons (Fsp3) is 0.231. The van der Waals surface area contributed by atoms with Crippen molar-refractivity contribution in [1.82, 2.24) is 19.7 Å². The van der Waals surface area contributed by atoms with Gasteiger partial charge in [0.1, 0.15) is 4.83 Å². The van der Waals surface area contributed by atoms with Crippen LogP contribution in [0.2, 0.25) is 0 Å². The van der Waals surface area contributed by atoms with Gasteiger partial charge in [-0.15, -0.1) is 21.5 Å². The van der Waals surface area contributed by atoms with E-state index in [9.17, 15) is 18.0 Å². The molecule has 0 fully saturated rings. The molecule has 5 aromatic rings. The monoisotopic (exact) mass is 540 g/mol. The fourth-order valence-corrected chi connectivity index (χ4v) is 6.68. The van der Waals surface area contributed by atoms with Crippen LogP contribution in [0.1, 0.15) is 34.7 Å². The molecule has 0 saturated heterocycles. The lowest BCUT2D eigenvalue weighted by molar-refractivity contribution is -0.137. The van der Waals surface area contributed by atoms with Crippen molar-refractivity contribution in [2.75, 3.05) is 0 Å². The lowest BCUT2D eigenvalue weighted by atomic mass is 9.97. The zero-order valence-electron chi connectivity index (χ0n) is 19.3. The molecule has 0 aliphatic heterocycles. The van der Waals surface area contributed by atoms with Gasteiger partial charge in [-0.3, -0.25) is 9.36 Å². The van der Waals surface area contributed by atoms with Crippen LogP contribution < -0.4 is 5.56 Å². The van der Waals surface area contributed by atoms with E-state index in [-0.39, 0.29) is 22.5 Å². The van der Waals surface area contributed by atoms with Crippen LogP contribution in [0, 0.1) is 0 Å². The molecule has 0 saturated carbocycles. The van der Waals surface area contributed by atoms with E-state index in [0.717, 1.165) is 64.1 Å². The van der Waals surface area contributed by atoms with Gasteiger partial charge in [0, 0.05) is 10.4 Å². The molecule has 0 bridgehead atoms. The first-order chi connectivity index (χ1) is 17.9. The van der Waals surface area contributed by atoms with Gasteiger partial charge in [-0.2, -0.15) is 13.2 Å². The lowest BCUT2D eigenvalue weighted by Gasteiger charge is -2.17. The summed E-state index contributed by atoms with van der Waals surface area (Å²) in [5.74, 6) is 0.751. The Labute approximate surface area is 217 Å². The quantitative estimate of drug-likeness (QED) is 0.183. The number of fused-ring (bicyclic) bond motifs is 3. The molecular formula is C26H19F3N4O2S2. The third-order valence-electron chi connectivity index (χ3n) is 6.22. The zero-order chi connectivity index (χ0) is 25.6. The maximum Gasteiger partial charge on any atom is 0.418 e. The Morgan fingerprint density at radius 2 is 1.76 bits per heavy atom. The van der Waals surface area contributed by atoms with Gasteiger partial charge in [0.25, 0.3) is 5.56 Å². The Bertz CT molecular complexity index is 1660. The Kier molecular flexibility index (Phi) is 6.12. The average molecular weight is 541 g/mol. The van der Waals surface area contributed by atoms with Gasteiger partial charge < -0.3 is 4.42 Å². The van der Waals surface area contributed by atoms with Crippen molar-refractivity contribution in [2.24, 2.45) is 0 Å². The van der Waals surface area contributed by atoms with E-state index in [0.29, 0.717) is 16.1 Å². The van der Waals surface area contributed by atoms with Gasteiger partial charge in [-0.1, -0.05) is 42.1 Å². The summed E-state index contributed by atoms with van der Waals surface area (Å²) in [6, 6.07) is 14.3. The lowest BCUT2D eigenvalue weighted by Crippen LogP contribution is -2.25. The van der Waals surface area contributed by atoms with Gasteiger partial charge in [0.15, 0.2) is 5.16 Å². The summed E-state index contributed by atoms with van der Waals surface area (Å²) in [5, 5.41) is 8.71. The van der Waals surface area contributed by atoms with Crippen LogP contribution in [0.15, 0.2) is 69.0 Å². The molecule has 0 spiro atoms. The Hall–Kier alpha value is -3.44. The number of hydrogen-bond donors (Lipinski definition) is 0. The van der Waals surface area contributed by atoms with E-state index in [1.807, 2.05) is 30.3 Å². The molecule has 0 unspecified atom stereocenters. The predicted molar refractivity (Wildman–Crippen MR) is 136 cm³/mol. The molecule has 0 atom stereocenters. The first-order valence-electron chi connectivity index (χ1n) is 11.6. The molecule has 0 radical (unpaired) electrons. The number of nitrogens with zero attached hydrogens (tertiary/aromatic N) is 4. The van der Waals surface area contributed by atoms with Crippen LogP contribution in [0.25, 0.3) is 27.4 Å². The molecule has 37 heavy (non-hydrogen) atoms. The summed E-state index contributed by atoms with van der Waals surface area (Å²) in [5.41, 5.74) is 0.0459. The molecular weight excluding hydrogens is 521 g/mol. The molecule has 3 aromatic heterocycles. The zero-order valence-corrected chi connectivity index (χ0v) is 20.9. The molecule has 188 valence electrons. The number of aryl methyl sites for hydroxylation is 2. The minimum Gasteiger partial charge on any atom is -0.420 e. The van der Waals surface area contributed by atoms with Crippen molar-refractivity contribution >= 4 is 33.3 Å². The van der Waals surface area contributed by atoms with E-state index in [1.165, 1.54) is 29.5 Å². The minimum atomic E-state index is -4.64. The Balaban J connectivity index is 1.46. The second kappa shape index (κ2) is 9.46. The van der Waals surface area contributed by atoms with Crippen LogP contribution in [0.5, 0.6) is 0 Å². The van der Waals surface area contributed by atoms with Crippen molar-refractivity contribution in [1.29, 1.82) is 0 Å². The van der Waals surface area contributed by atoms with E-state index in [1.54, 1.807) is 0 Å². The summed E-state index contributed by atoms with van der Waals surface area (Å²) in [4.78, 5) is 20.2. The van der Waals surface area contributed by atoms with Crippen molar-refractivity contribution in [2.45, 2.75) is 42.8 Å². The number of thioether (sulfide) groups is 1. The topological polar surface area (TPSA) is 73.8 Å². The molecule has 1 aliphatic carbocycles. The summed E-state index contributed by atoms with van der Waals surface area (Å²) >= 11 is 2.55. The summed E-state index contributed by atoms with van der Waals surface area (Å²) in [7, 11) is 0. The van der Waals surface area contributed by atoms with Gasteiger partial charge in [0.05, 0.1) is 22.4 Å². The molecule has 3 heterocycles. The number of thiophene rings is 1. The van der Waals surface area contributed by atoms with Crippen molar-refractivity contribution in [3.8, 4) is 17.1 Å². The molecule has 1 aliphatic rings. The Morgan fingerprint density at radius 3 is 2.57 bits per heavy atom. The van der Waals surface area contributed by atoms with E-state index >= 15 is 0 Å². The molecule has 6 rings (SSSR count).